The minimum absolute atomic E-state index is 0.0747. The lowest BCUT2D eigenvalue weighted by molar-refractivity contribution is -0.904. The molecule has 1 aliphatic rings. The van der Waals surface area contributed by atoms with Gasteiger partial charge in [0.2, 0.25) is 0 Å². The van der Waals surface area contributed by atoms with Crippen LogP contribution in [0.5, 0.6) is 0 Å². The van der Waals surface area contributed by atoms with Gasteiger partial charge in [0.1, 0.15) is 5.82 Å². The highest BCUT2D eigenvalue weighted by atomic mass is 19.1. The molecule has 1 saturated heterocycles. The lowest BCUT2D eigenvalue weighted by Crippen LogP contribution is -3.15. The fourth-order valence-corrected chi connectivity index (χ4v) is 3.16. The number of hydrogen-bond acceptors (Lipinski definition) is 1. The van der Waals surface area contributed by atoms with Crippen molar-refractivity contribution in [2.24, 2.45) is 11.8 Å². The van der Waals surface area contributed by atoms with Gasteiger partial charge in [-0.1, -0.05) is 26.0 Å². The quantitative estimate of drug-likeness (QED) is 0.847. The first kappa shape index (κ1) is 15.0. The minimum atomic E-state index is -0.249. The standard InChI is InChI=1S/C16H23FN2O/c1-12-7-13(2)10-19(9-12)11-16(20)18-8-14-3-5-15(17)6-4-14/h3-6,12-13H,7-11H2,1-2H3,(H,18,20)/p+1/t12-,13-/m0/s1. The summed E-state index contributed by atoms with van der Waals surface area (Å²) in [6.45, 7) is 7.67. The summed E-state index contributed by atoms with van der Waals surface area (Å²) < 4.78 is 12.8. The van der Waals surface area contributed by atoms with Crippen molar-refractivity contribution in [2.45, 2.75) is 26.8 Å². The fourth-order valence-electron chi connectivity index (χ4n) is 3.16. The lowest BCUT2D eigenvalue weighted by atomic mass is 9.92. The van der Waals surface area contributed by atoms with Crippen molar-refractivity contribution in [2.75, 3.05) is 19.6 Å². The third-order valence-electron chi connectivity index (χ3n) is 3.89. The first-order valence-corrected chi connectivity index (χ1v) is 7.37. The van der Waals surface area contributed by atoms with E-state index >= 15 is 0 Å². The topological polar surface area (TPSA) is 33.5 Å². The Morgan fingerprint density at radius 3 is 2.45 bits per heavy atom. The van der Waals surface area contributed by atoms with Gasteiger partial charge < -0.3 is 10.2 Å². The van der Waals surface area contributed by atoms with Crippen LogP contribution in [-0.4, -0.2) is 25.5 Å². The van der Waals surface area contributed by atoms with E-state index < -0.39 is 0 Å². The van der Waals surface area contributed by atoms with Crippen LogP contribution in [0.25, 0.3) is 0 Å². The highest BCUT2D eigenvalue weighted by Gasteiger charge is 2.26. The molecule has 4 heteroatoms. The maximum absolute atomic E-state index is 12.8. The Hall–Kier alpha value is -1.42. The average molecular weight is 279 g/mol. The van der Waals surface area contributed by atoms with E-state index in [2.05, 4.69) is 19.2 Å². The van der Waals surface area contributed by atoms with E-state index in [-0.39, 0.29) is 11.7 Å². The van der Waals surface area contributed by atoms with Crippen LogP contribution in [0, 0.1) is 17.7 Å². The molecule has 1 aliphatic heterocycles. The molecule has 1 aromatic rings. The van der Waals surface area contributed by atoms with E-state index in [9.17, 15) is 9.18 Å². The zero-order valence-electron chi connectivity index (χ0n) is 12.3. The summed E-state index contributed by atoms with van der Waals surface area (Å²) in [5, 5.41) is 2.91. The van der Waals surface area contributed by atoms with Crippen molar-refractivity contribution < 1.29 is 14.1 Å². The number of halogens is 1. The van der Waals surface area contributed by atoms with E-state index in [1.54, 1.807) is 12.1 Å². The zero-order valence-corrected chi connectivity index (χ0v) is 12.3. The van der Waals surface area contributed by atoms with E-state index in [4.69, 9.17) is 0 Å². The number of quaternary nitrogens is 1. The molecule has 0 bridgehead atoms. The van der Waals surface area contributed by atoms with Gasteiger partial charge in [-0.25, -0.2) is 4.39 Å². The molecule has 0 radical (unpaired) electrons. The van der Waals surface area contributed by atoms with Gasteiger partial charge >= 0.3 is 0 Å². The van der Waals surface area contributed by atoms with Crippen molar-refractivity contribution in [3.05, 3.63) is 35.6 Å². The SMILES string of the molecule is C[C@H]1C[C@H](C)C[NH+](CC(=O)NCc2ccc(F)cc2)C1. The molecule has 1 aromatic carbocycles. The van der Waals surface area contributed by atoms with Gasteiger partial charge in [-0.05, 0) is 24.1 Å². The van der Waals surface area contributed by atoms with Crippen LogP contribution in [0.4, 0.5) is 4.39 Å². The van der Waals surface area contributed by atoms with Crippen LogP contribution in [0.1, 0.15) is 25.8 Å². The molecule has 20 heavy (non-hydrogen) atoms. The van der Waals surface area contributed by atoms with Crippen LogP contribution in [0.15, 0.2) is 24.3 Å². The summed E-state index contributed by atoms with van der Waals surface area (Å²) in [4.78, 5) is 13.3. The molecule has 1 fully saturated rings. The number of rotatable bonds is 4. The summed E-state index contributed by atoms with van der Waals surface area (Å²) in [5.41, 5.74) is 0.926. The summed E-state index contributed by atoms with van der Waals surface area (Å²) in [5.74, 6) is 1.21. The molecule has 3 nitrogen and oxygen atoms in total. The van der Waals surface area contributed by atoms with E-state index in [0.29, 0.717) is 24.9 Å². The molecule has 2 N–H and O–H groups in total. The summed E-state index contributed by atoms with van der Waals surface area (Å²) in [6.07, 6.45) is 1.26. The third-order valence-corrected chi connectivity index (χ3v) is 3.89. The molecule has 110 valence electrons. The molecular weight excluding hydrogens is 255 g/mol. The van der Waals surface area contributed by atoms with Gasteiger partial charge in [0.15, 0.2) is 6.54 Å². The largest absolute Gasteiger partial charge is 0.347 e. The van der Waals surface area contributed by atoms with Crippen molar-refractivity contribution in [3.63, 3.8) is 0 Å². The number of carbonyl (C=O) groups is 1. The number of hydrogen-bond donors (Lipinski definition) is 2. The highest BCUT2D eigenvalue weighted by Crippen LogP contribution is 2.11. The third kappa shape index (κ3) is 4.60. The molecule has 0 aromatic heterocycles. The zero-order chi connectivity index (χ0) is 14.5. The van der Waals surface area contributed by atoms with E-state index in [1.807, 2.05) is 0 Å². The first-order valence-electron chi connectivity index (χ1n) is 7.37. The Kier molecular flexibility index (Phi) is 5.12. The number of likely N-dealkylation sites (tertiary alicyclic amines) is 1. The van der Waals surface area contributed by atoms with Crippen LogP contribution in [0.3, 0.4) is 0 Å². The molecule has 0 unspecified atom stereocenters. The van der Waals surface area contributed by atoms with Gasteiger partial charge in [-0.2, -0.15) is 0 Å². The smallest absolute Gasteiger partial charge is 0.275 e. The molecule has 1 heterocycles. The van der Waals surface area contributed by atoms with Crippen molar-refractivity contribution in [3.8, 4) is 0 Å². The van der Waals surface area contributed by atoms with E-state index in [1.165, 1.54) is 23.5 Å². The Morgan fingerprint density at radius 1 is 1.25 bits per heavy atom. The monoisotopic (exact) mass is 279 g/mol. The number of piperidine rings is 1. The van der Waals surface area contributed by atoms with Gasteiger partial charge in [0, 0.05) is 18.4 Å². The van der Waals surface area contributed by atoms with Crippen molar-refractivity contribution in [1.29, 1.82) is 0 Å². The number of nitrogens with one attached hydrogen (secondary N) is 2. The second-order valence-electron chi connectivity index (χ2n) is 6.18. The lowest BCUT2D eigenvalue weighted by Gasteiger charge is -2.31. The molecule has 2 atom stereocenters. The predicted molar refractivity (Wildman–Crippen MR) is 76.8 cm³/mol. The van der Waals surface area contributed by atoms with Gasteiger partial charge in [-0.15, -0.1) is 0 Å². The fraction of sp³-hybridized carbons (Fsp3) is 0.562. The highest BCUT2D eigenvalue weighted by molar-refractivity contribution is 5.76. The second kappa shape index (κ2) is 6.84. The maximum atomic E-state index is 12.8. The molecular formula is C16H24FN2O+. The number of amides is 1. The van der Waals surface area contributed by atoms with Gasteiger partial charge in [0.05, 0.1) is 13.1 Å². The molecule has 0 saturated carbocycles. The summed E-state index contributed by atoms with van der Waals surface area (Å²) in [7, 11) is 0. The second-order valence-corrected chi connectivity index (χ2v) is 6.18. The Bertz CT molecular complexity index is 436. The Balaban J connectivity index is 1.76. The summed E-state index contributed by atoms with van der Waals surface area (Å²) >= 11 is 0. The first-order chi connectivity index (χ1) is 9.52. The normalized spacial score (nSPS) is 26.2. The van der Waals surface area contributed by atoms with Crippen LogP contribution >= 0.6 is 0 Å². The summed E-state index contributed by atoms with van der Waals surface area (Å²) in [6, 6.07) is 6.24. The maximum Gasteiger partial charge on any atom is 0.275 e. The molecule has 0 aliphatic carbocycles. The molecule has 0 spiro atoms. The molecule has 1 amide bonds. The minimum Gasteiger partial charge on any atom is -0.347 e. The van der Waals surface area contributed by atoms with Crippen LogP contribution < -0.4 is 10.2 Å². The number of carbonyl (C=O) groups excluding carboxylic acids is 1. The number of benzene rings is 1. The Morgan fingerprint density at radius 2 is 1.85 bits per heavy atom. The van der Waals surface area contributed by atoms with Gasteiger partial charge in [0.25, 0.3) is 5.91 Å². The van der Waals surface area contributed by atoms with Crippen LogP contribution in [-0.2, 0) is 11.3 Å². The Labute approximate surface area is 120 Å². The average Bonchev–Trinajstić information content (AvgIpc) is 2.37. The van der Waals surface area contributed by atoms with E-state index in [0.717, 1.165) is 18.7 Å². The van der Waals surface area contributed by atoms with Crippen LogP contribution in [0.2, 0.25) is 0 Å². The van der Waals surface area contributed by atoms with Crippen molar-refractivity contribution >= 4 is 5.91 Å². The molecule has 2 rings (SSSR count). The van der Waals surface area contributed by atoms with Gasteiger partial charge in [-0.3, -0.25) is 4.79 Å². The predicted octanol–water partition coefficient (Wildman–Crippen LogP) is 1.00. The van der Waals surface area contributed by atoms with Crippen molar-refractivity contribution in [1.82, 2.24) is 5.32 Å².